The molecule has 16 heavy (non-hydrogen) atoms. The molecule has 4 N–H and O–H groups in total. The van der Waals surface area contributed by atoms with Crippen LogP contribution in [0.1, 0.15) is 12.8 Å². The Hall–Kier alpha value is -1.33. The Morgan fingerprint density at radius 3 is 2.81 bits per heavy atom. The minimum Gasteiger partial charge on any atom is -0.323 e. The average Bonchev–Trinajstić information content (AvgIpc) is 3.04. The van der Waals surface area contributed by atoms with E-state index < -0.39 is 5.82 Å². The van der Waals surface area contributed by atoms with Crippen LogP contribution in [0.25, 0.3) is 0 Å². The van der Waals surface area contributed by atoms with Crippen LogP contribution < -0.4 is 16.6 Å². The van der Waals surface area contributed by atoms with Crippen LogP contribution in [0.4, 0.5) is 10.1 Å². The van der Waals surface area contributed by atoms with Crippen molar-refractivity contribution in [3.05, 3.63) is 29.0 Å². The fraction of sp³-hybridized carbons (Fsp3) is 0.300. The van der Waals surface area contributed by atoms with E-state index in [9.17, 15) is 4.39 Å². The summed E-state index contributed by atoms with van der Waals surface area (Å²) in [6, 6.07) is 4.67. The van der Waals surface area contributed by atoms with E-state index in [1.54, 1.807) is 6.07 Å². The van der Waals surface area contributed by atoms with Crippen LogP contribution in [0, 0.1) is 5.82 Å². The molecule has 0 aliphatic heterocycles. The van der Waals surface area contributed by atoms with Crippen molar-refractivity contribution >= 4 is 23.2 Å². The Kier molecular flexibility index (Phi) is 3.26. The number of hydrogen-bond donors (Lipinski definition) is 3. The molecule has 0 amide bonds. The number of hydrogen-bond acceptors (Lipinski definition) is 2. The zero-order valence-electron chi connectivity index (χ0n) is 8.50. The Balaban J connectivity index is 2.12. The minimum atomic E-state index is -0.439. The SMILES string of the molecule is NNC(=NC1CC1)Nc1ccc(Cl)cc1F. The number of anilines is 1. The summed E-state index contributed by atoms with van der Waals surface area (Å²) in [7, 11) is 0. The van der Waals surface area contributed by atoms with Crippen molar-refractivity contribution in [1.82, 2.24) is 5.43 Å². The van der Waals surface area contributed by atoms with Gasteiger partial charge in [0.2, 0.25) is 5.96 Å². The lowest BCUT2D eigenvalue weighted by Crippen LogP contribution is -2.36. The van der Waals surface area contributed by atoms with Crippen molar-refractivity contribution < 1.29 is 4.39 Å². The maximum absolute atomic E-state index is 13.4. The second-order valence-corrected chi connectivity index (χ2v) is 4.04. The normalized spacial score (nSPS) is 16.1. The third-order valence-corrected chi connectivity index (χ3v) is 2.41. The molecular weight excluding hydrogens is 231 g/mol. The second kappa shape index (κ2) is 4.67. The van der Waals surface area contributed by atoms with Crippen molar-refractivity contribution in [2.45, 2.75) is 18.9 Å². The first-order valence-corrected chi connectivity index (χ1v) is 5.33. The van der Waals surface area contributed by atoms with E-state index in [2.05, 4.69) is 15.7 Å². The van der Waals surface area contributed by atoms with E-state index in [-0.39, 0.29) is 0 Å². The van der Waals surface area contributed by atoms with E-state index in [1.807, 2.05) is 0 Å². The molecule has 86 valence electrons. The maximum atomic E-state index is 13.4. The molecule has 4 nitrogen and oxygen atoms in total. The summed E-state index contributed by atoms with van der Waals surface area (Å²) in [4.78, 5) is 4.24. The predicted molar refractivity (Wildman–Crippen MR) is 62.8 cm³/mol. The highest BCUT2D eigenvalue weighted by Gasteiger charge is 2.21. The number of nitrogens with zero attached hydrogens (tertiary/aromatic N) is 1. The Bertz CT molecular complexity index is 417. The molecule has 6 heteroatoms. The second-order valence-electron chi connectivity index (χ2n) is 3.60. The van der Waals surface area contributed by atoms with E-state index in [4.69, 9.17) is 17.4 Å². The molecule has 0 unspecified atom stereocenters. The van der Waals surface area contributed by atoms with Gasteiger partial charge in [-0.25, -0.2) is 15.2 Å². The number of rotatable bonds is 2. The fourth-order valence-electron chi connectivity index (χ4n) is 1.21. The summed E-state index contributed by atoms with van der Waals surface area (Å²) in [5.74, 6) is 5.21. The molecule has 2 rings (SSSR count). The molecule has 0 saturated heterocycles. The van der Waals surface area contributed by atoms with Crippen LogP contribution in [0.3, 0.4) is 0 Å². The van der Waals surface area contributed by atoms with Gasteiger partial charge in [-0.05, 0) is 31.0 Å². The first-order chi connectivity index (χ1) is 7.69. The molecule has 1 aliphatic carbocycles. The third-order valence-electron chi connectivity index (χ3n) is 2.18. The van der Waals surface area contributed by atoms with Crippen LogP contribution in [0.5, 0.6) is 0 Å². The molecule has 0 atom stereocenters. The first kappa shape index (κ1) is 11.2. The van der Waals surface area contributed by atoms with Crippen molar-refractivity contribution in [2.24, 2.45) is 10.8 Å². The summed E-state index contributed by atoms with van der Waals surface area (Å²) in [5.41, 5.74) is 2.70. The quantitative estimate of drug-likeness (QED) is 0.321. The van der Waals surface area contributed by atoms with Gasteiger partial charge in [0.15, 0.2) is 0 Å². The van der Waals surface area contributed by atoms with Gasteiger partial charge in [0, 0.05) is 5.02 Å². The van der Waals surface area contributed by atoms with Crippen molar-refractivity contribution in [3.8, 4) is 0 Å². The number of nitrogens with two attached hydrogens (primary N) is 1. The lowest BCUT2D eigenvalue weighted by molar-refractivity contribution is 0.632. The lowest BCUT2D eigenvalue weighted by atomic mass is 10.3. The van der Waals surface area contributed by atoms with Gasteiger partial charge < -0.3 is 5.32 Å². The van der Waals surface area contributed by atoms with Gasteiger partial charge >= 0.3 is 0 Å². The predicted octanol–water partition coefficient (Wildman–Crippen LogP) is 1.87. The van der Waals surface area contributed by atoms with Crippen molar-refractivity contribution in [2.75, 3.05) is 5.32 Å². The molecule has 1 fully saturated rings. The van der Waals surface area contributed by atoms with Crippen molar-refractivity contribution in [3.63, 3.8) is 0 Å². The molecule has 0 aromatic heterocycles. The van der Waals surface area contributed by atoms with Gasteiger partial charge in [-0.3, -0.25) is 5.43 Å². The number of benzene rings is 1. The number of guanidine groups is 1. The summed E-state index contributed by atoms with van der Waals surface area (Å²) in [6.07, 6.45) is 2.10. The van der Waals surface area contributed by atoms with Gasteiger partial charge in [0.05, 0.1) is 11.7 Å². The Morgan fingerprint density at radius 1 is 1.50 bits per heavy atom. The minimum absolute atomic E-state index is 0.293. The number of aliphatic imine (C=N–C) groups is 1. The lowest BCUT2D eigenvalue weighted by Gasteiger charge is -2.09. The van der Waals surface area contributed by atoms with E-state index >= 15 is 0 Å². The molecular formula is C10H12ClFN4. The standard InChI is InChI=1S/C10H12ClFN4/c11-6-1-4-9(8(12)5-6)15-10(16-13)14-7-2-3-7/h1,4-5,7H,2-3,13H2,(H2,14,15,16). The molecule has 0 spiro atoms. The highest BCUT2D eigenvalue weighted by atomic mass is 35.5. The third kappa shape index (κ3) is 2.84. The van der Waals surface area contributed by atoms with E-state index in [0.717, 1.165) is 12.8 Å². The summed E-state index contributed by atoms with van der Waals surface area (Å²) in [6.45, 7) is 0. The maximum Gasteiger partial charge on any atom is 0.210 e. The van der Waals surface area contributed by atoms with Gasteiger partial charge in [-0.15, -0.1) is 0 Å². The highest BCUT2D eigenvalue weighted by molar-refractivity contribution is 6.30. The molecule has 0 bridgehead atoms. The topological polar surface area (TPSA) is 62.4 Å². The number of nitrogens with one attached hydrogen (secondary N) is 2. The van der Waals surface area contributed by atoms with E-state index in [1.165, 1.54) is 12.1 Å². The number of halogens is 2. The van der Waals surface area contributed by atoms with Crippen LogP contribution in [-0.2, 0) is 0 Å². The van der Waals surface area contributed by atoms with Gasteiger partial charge in [-0.1, -0.05) is 11.6 Å². The first-order valence-electron chi connectivity index (χ1n) is 4.95. The van der Waals surface area contributed by atoms with E-state index in [0.29, 0.717) is 22.7 Å². The molecule has 1 aromatic carbocycles. The monoisotopic (exact) mass is 242 g/mol. The zero-order chi connectivity index (χ0) is 11.5. The van der Waals surface area contributed by atoms with Gasteiger partial charge in [0.1, 0.15) is 5.82 Å². The van der Waals surface area contributed by atoms with Crippen LogP contribution >= 0.6 is 11.6 Å². The summed E-state index contributed by atoms with van der Waals surface area (Å²) in [5, 5.41) is 3.13. The van der Waals surface area contributed by atoms with Crippen LogP contribution in [-0.4, -0.2) is 12.0 Å². The Morgan fingerprint density at radius 2 is 2.25 bits per heavy atom. The molecule has 1 aliphatic rings. The Labute approximate surface area is 97.7 Å². The van der Waals surface area contributed by atoms with Crippen LogP contribution in [0.15, 0.2) is 23.2 Å². The zero-order valence-corrected chi connectivity index (χ0v) is 9.26. The average molecular weight is 243 g/mol. The molecule has 1 saturated carbocycles. The molecule has 0 heterocycles. The van der Waals surface area contributed by atoms with Crippen molar-refractivity contribution in [1.29, 1.82) is 0 Å². The number of hydrazine groups is 1. The van der Waals surface area contributed by atoms with Crippen LogP contribution in [0.2, 0.25) is 5.02 Å². The molecule has 1 aromatic rings. The molecule has 0 radical (unpaired) electrons. The summed E-state index contributed by atoms with van der Waals surface area (Å²) < 4.78 is 13.4. The van der Waals surface area contributed by atoms with Gasteiger partial charge in [0.25, 0.3) is 0 Å². The largest absolute Gasteiger partial charge is 0.323 e. The van der Waals surface area contributed by atoms with Gasteiger partial charge in [-0.2, -0.15) is 0 Å². The fourth-order valence-corrected chi connectivity index (χ4v) is 1.37. The highest BCUT2D eigenvalue weighted by Crippen LogP contribution is 2.24. The summed E-state index contributed by atoms with van der Waals surface area (Å²) >= 11 is 5.64. The smallest absolute Gasteiger partial charge is 0.210 e.